The zero-order valence-electron chi connectivity index (χ0n) is 10.1. The summed E-state index contributed by atoms with van der Waals surface area (Å²) in [6.07, 6.45) is 0.180. The van der Waals surface area contributed by atoms with Crippen molar-refractivity contribution in [2.45, 2.75) is 19.1 Å². The fraction of sp³-hybridized carbons (Fsp3) is 0.286. The van der Waals surface area contributed by atoms with Crippen LogP contribution in [0.5, 0.6) is 0 Å². The molecule has 0 saturated heterocycles. The van der Waals surface area contributed by atoms with Gasteiger partial charge in [-0.3, -0.25) is 0 Å². The van der Waals surface area contributed by atoms with Gasteiger partial charge in [0.25, 0.3) is 0 Å². The summed E-state index contributed by atoms with van der Waals surface area (Å²) in [6.45, 7) is 0.575. The van der Waals surface area contributed by atoms with Crippen LogP contribution >= 0.6 is 27.3 Å². The van der Waals surface area contributed by atoms with Crippen molar-refractivity contribution in [3.8, 4) is 0 Å². The summed E-state index contributed by atoms with van der Waals surface area (Å²) >= 11 is 5.08. The highest BCUT2D eigenvalue weighted by Crippen LogP contribution is 2.26. The van der Waals surface area contributed by atoms with Crippen molar-refractivity contribution in [2.75, 3.05) is 7.11 Å². The van der Waals surface area contributed by atoms with E-state index in [4.69, 9.17) is 4.74 Å². The molecule has 0 aliphatic heterocycles. The number of halogens is 1. The molecule has 2 nitrogen and oxygen atoms in total. The molecule has 0 bridgehead atoms. The van der Waals surface area contributed by atoms with E-state index in [0.29, 0.717) is 13.0 Å². The molecule has 0 aliphatic carbocycles. The summed E-state index contributed by atoms with van der Waals surface area (Å²) in [4.78, 5) is 1.17. The van der Waals surface area contributed by atoms with Crippen LogP contribution in [0.4, 0.5) is 0 Å². The van der Waals surface area contributed by atoms with E-state index in [0.717, 1.165) is 15.6 Å². The van der Waals surface area contributed by atoms with Crippen LogP contribution in [-0.4, -0.2) is 12.2 Å². The zero-order chi connectivity index (χ0) is 13.0. The Morgan fingerprint density at radius 3 is 2.89 bits per heavy atom. The number of aliphatic hydroxyl groups is 1. The molecule has 0 amide bonds. The van der Waals surface area contributed by atoms with Gasteiger partial charge in [-0.05, 0) is 33.1 Å². The Morgan fingerprint density at radius 1 is 1.39 bits per heavy atom. The minimum absolute atomic E-state index is 0.465. The molecule has 4 heteroatoms. The number of hydrogen-bond donors (Lipinski definition) is 1. The summed E-state index contributed by atoms with van der Waals surface area (Å²) in [5.41, 5.74) is 2.02. The molecule has 2 aromatic rings. The van der Waals surface area contributed by atoms with E-state index in [1.54, 1.807) is 18.4 Å². The van der Waals surface area contributed by atoms with E-state index in [1.807, 2.05) is 35.7 Å². The third-order valence-electron chi connectivity index (χ3n) is 2.66. The van der Waals surface area contributed by atoms with Crippen LogP contribution in [0.25, 0.3) is 0 Å². The molecule has 0 saturated carbocycles. The van der Waals surface area contributed by atoms with Crippen LogP contribution < -0.4 is 0 Å². The highest BCUT2D eigenvalue weighted by molar-refractivity contribution is 9.10. The van der Waals surface area contributed by atoms with E-state index < -0.39 is 6.10 Å². The Bertz CT molecular complexity index is 510. The summed E-state index contributed by atoms with van der Waals surface area (Å²) in [5.74, 6) is 0. The number of aliphatic hydroxyl groups excluding tert-OH is 1. The number of hydrogen-bond acceptors (Lipinski definition) is 3. The molecule has 18 heavy (non-hydrogen) atoms. The van der Waals surface area contributed by atoms with Crippen molar-refractivity contribution in [2.24, 2.45) is 0 Å². The van der Waals surface area contributed by atoms with Gasteiger partial charge in [-0.25, -0.2) is 0 Å². The van der Waals surface area contributed by atoms with Crippen LogP contribution in [0.1, 0.15) is 22.1 Å². The molecular weight excluding hydrogens is 312 g/mol. The second kappa shape index (κ2) is 6.48. The van der Waals surface area contributed by atoms with Crippen molar-refractivity contribution in [1.29, 1.82) is 0 Å². The topological polar surface area (TPSA) is 29.5 Å². The second-order valence-corrected chi connectivity index (χ2v) is 6.04. The third-order valence-corrected chi connectivity index (χ3v) is 4.38. The molecule has 1 atom stereocenters. The van der Waals surface area contributed by atoms with Gasteiger partial charge in [0.05, 0.1) is 12.7 Å². The van der Waals surface area contributed by atoms with Gasteiger partial charge in [-0.2, -0.15) is 0 Å². The quantitative estimate of drug-likeness (QED) is 0.901. The first-order valence-corrected chi connectivity index (χ1v) is 7.35. The van der Waals surface area contributed by atoms with Crippen LogP contribution in [0.2, 0.25) is 0 Å². The smallest absolute Gasteiger partial charge is 0.0838 e. The van der Waals surface area contributed by atoms with E-state index in [2.05, 4.69) is 15.9 Å². The van der Waals surface area contributed by atoms with Gasteiger partial charge in [0.15, 0.2) is 0 Å². The molecular formula is C14H15BrO2S. The lowest BCUT2D eigenvalue weighted by Gasteiger charge is -2.11. The highest BCUT2D eigenvalue weighted by Gasteiger charge is 2.10. The lowest BCUT2D eigenvalue weighted by atomic mass is 10.0. The lowest BCUT2D eigenvalue weighted by Crippen LogP contribution is -2.01. The Balaban J connectivity index is 2.08. The molecule has 0 fully saturated rings. The lowest BCUT2D eigenvalue weighted by molar-refractivity contribution is 0.176. The van der Waals surface area contributed by atoms with Crippen molar-refractivity contribution in [3.05, 3.63) is 56.2 Å². The minimum Gasteiger partial charge on any atom is -0.388 e. The van der Waals surface area contributed by atoms with Gasteiger partial charge in [0, 0.05) is 28.3 Å². The molecule has 1 aromatic heterocycles. The third kappa shape index (κ3) is 3.65. The molecule has 1 unspecified atom stereocenters. The standard InChI is InChI=1S/C14H15BrO2S/c1-17-8-10-3-2-4-11(5-10)14(16)7-13-6-12(15)9-18-13/h2-6,9,14,16H,7-8H2,1H3. The summed E-state index contributed by atoms with van der Waals surface area (Å²) in [5, 5.41) is 12.3. The molecule has 2 rings (SSSR count). The van der Waals surface area contributed by atoms with Gasteiger partial charge in [-0.1, -0.05) is 24.3 Å². The number of methoxy groups -OCH3 is 1. The first-order chi connectivity index (χ1) is 8.69. The predicted molar refractivity (Wildman–Crippen MR) is 77.8 cm³/mol. The SMILES string of the molecule is COCc1cccc(C(O)Cc2cc(Br)cs2)c1. The maximum atomic E-state index is 10.2. The summed E-state index contributed by atoms with van der Waals surface area (Å²) in [6, 6.07) is 9.95. The number of thiophene rings is 1. The molecule has 0 radical (unpaired) electrons. The fourth-order valence-corrected chi connectivity index (χ4v) is 3.32. The predicted octanol–water partition coefficient (Wildman–Crippen LogP) is 3.93. The van der Waals surface area contributed by atoms with Gasteiger partial charge in [0.1, 0.15) is 0 Å². The Morgan fingerprint density at radius 2 is 2.22 bits per heavy atom. The Labute approximate surface area is 119 Å². The summed E-state index contributed by atoms with van der Waals surface area (Å²) < 4.78 is 6.17. The molecule has 1 heterocycles. The van der Waals surface area contributed by atoms with Crippen LogP contribution in [-0.2, 0) is 17.8 Å². The van der Waals surface area contributed by atoms with Crippen LogP contribution in [0.3, 0.4) is 0 Å². The van der Waals surface area contributed by atoms with Gasteiger partial charge in [-0.15, -0.1) is 11.3 Å². The van der Waals surface area contributed by atoms with Gasteiger partial charge < -0.3 is 9.84 Å². The largest absolute Gasteiger partial charge is 0.388 e. The van der Waals surface area contributed by atoms with Gasteiger partial charge in [0.2, 0.25) is 0 Å². The van der Waals surface area contributed by atoms with E-state index in [9.17, 15) is 5.11 Å². The average Bonchev–Trinajstić information content (AvgIpc) is 2.75. The van der Waals surface area contributed by atoms with Crippen molar-refractivity contribution in [1.82, 2.24) is 0 Å². The number of benzene rings is 1. The van der Waals surface area contributed by atoms with Crippen molar-refractivity contribution >= 4 is 27.3 Å². The molecule has 1 aromatic carbocycles. The van der Waals surface area contributed by atoms with Crippen LogP contribution in [0, 0.1) is 0 Å². The normalized spacial score (nSPS) is 12.6. The van der Waals surface area contributed by atoms with E-state index in [1.165, 1.54) is 4.88 Å². The first-order valence-electron chi connectivity index (χ1n) is 5.68. The summed E-state index contributed by atoms with van der Waals surface area (Å²) in [7, 11) is 1.67. The molecule has 0 spiro atoms. The zero-order valence-corrected chi connectivity index (χ0v) is 12.5. The monoisotopic (exact) mass is 326 g/mol. The second-order valence-electron chi connectivity index (χ2n) is 4.13. The first kappa shape index (κ1) is 13.7. The average molecular weight is 327 g/mol. The number of rotatable bonds is 5. The number of ether oxygens (including phenoxy) is 1. The maximum absolute atomic E-state index is 10.2. The van der Waals surface area contributed by atoms with Crippen molar-refractivity contribution in [3.63, 3.8) is 0 Å². The Hall–Kier alpha value is -0.680. The molecule has 1 N–H and O–H groups in total. The maximum Gasteiger partial charge on any atom is 0.0838 e. The van der Waals surface area contributed by atoms with E-state index >= 15 is 0 Å². The molecule has 96 valence electrons. The van der Waals surface area contributed by atoms with Crippen LogP contribution in [0.15, 0.2) is 40.2 Å². The van der Waals surface area contributed by atoms with Gasteiger partial charge >= 0.3 is 0 Å². The molecule has 0 aliphatic rings. The van der Waals surface area contributed by atoms with E-state index in [-0.39, 0.29) is 0 Å². The fourth-order valence-electron chi connectivity index (χ4n) is 1.83. The minimum atomic E-state index is -0.465. The van der Waals surface area contributed by atoms with Crippen molar-refractivity contribution < 1.29 is 9.84 Å². The Kier molecular flexibility index (Phi) is 4.95. The highest BCUT2D eigenvalue weighted by atomic mass is 79.9.